The predicted molar refractivity (Wildman–Crippen MR) is 86.5 cm³/mol. The van der Waals surface area contributed by atoms with Gasteiger partial charge in [-0.3, -0.25) is 4.79 Å². The fraction of sp³-hybridized carbons (Fsp3) is 0.467. The van der Waals surface area contributed by atoms with E-state index in [1.165, 1.54) is 5.56 Å². The molecule has 1 unspecified atom stereocenters. The highest BCUT2D eigenvalue weighted by atomic mass is 32.2. The Balaban J connectivity index is 1.87. The van der Waals surface area contributed by atoms with Crippen LogP contribution in [0.5, 0.6) is 0 Å². The summed E-state index contributed by atoms with van der Waals surface area (Å²) in [4.78, 5) is 23.7. The van der Waals surface area contributed by atoms with Crippen molar-refractivity contribution in [2.24, 2.45) is 0 Å². The molecular formula is C15H21N3O2S. The molecule has 0 bridgehead atoms. The molecule has 0 radical (unpaired) electrons. The number of thioether (sulfide) groups is 1. The van der Waals surface area contributed by atoms with Gasteiger partial charge in [0.1, 0.15) is 6.04 Å². The number of benzene rings is 1. The zero-order valence-corrected chi connectivity index (χ0v) is 13.0. The summed E-state index contributed by atoms with van der Waals surface area (Å²) in [5, 5.41) is 8.29. The number of amides is 3. The van der Waals surface area contributed by atoms with Crippen LogP contribution < -0.4 is 16.0 Å². The zero-order chi connectivity index (χ0) is 15.1. The standard InChI is InChI=1S/C15H21N3O2S/c1-21-10-11-5-7-12(8-6-11)17-15(20)18-13-4-2-3-9-16-14(13)19/h5-8,13H,2-4,9-10H2,1H3,(H,16,19)(H2,17,18,20). The Bertz CT molecular complexity index is 490. The van der Waals surface area contributed by atoms with E-state index < -0.39 is 6.04 Å². The first-order chi connectivity index (χ1) is 10.2. The van der Waals surface area contributed by atoms with E-state index in [-0.39, 0.29) is 11.9 Å². The van der Waals surface area contributed by atoms with Crippen LogP contribution in [0.15, 0.2) is 24.3 Å². The molecule has 6 heteroatoms. The molecule has 1 aliphatic heterocycles. The number of urea groups is 1. The molecule has 1 saturated heterocycles. The zero-order valence-electron chi connectivity index (χ0n) is 12.1. The molecule has 0 aliphatic carbocycles. The summed E-state index contributed by atoms with van der Waals surface area (Å²) in [5.41, 5.74) is 1.95. The highest BCUT2D eigenvalue weighted by Gasteiger charge is 2.22. The lowest BCUT2D eigenvalue weighted by Crippen LogP contribution is -2.46. The molecule has 1 atom stereocenters. The highest BCUT2D eigenvalue weighted by molar-refractivity contribution is 7.97. The van der Waals surface area contributed by atoms with Crippen molar-refractivity contribution in [1.29, 1.82) is 0 Å². The minimum absolute atomic E-state index is 0.0991. The normalized spacial score (nSPS) is 18.5. The van der Waals surface area contributed by atoms with Crippen molar-refractivity contribution in [2.45, 2.75) is 31.1 Å². The second-order valence-electron chi connectivity index (χ2n) is 5.07. The van der Waals surface area contributed by atoms with E-state index in [9.17, 15) is 9.59 Å². The van der Waals surface area contributed by atoms with Crippen LogP contribution >= 0.6 is 11.8 Å². The molecule has 1 aliphatic rings. The van der Waals surface area contributed by atoms with Crippen molar-refractivity contribution in [2.75, 3.05) is 18.1 Å². The van der Waals surface area contributed by atoms with Crippen molar-refractivity contribution < 1.29 is 9.59 Å². The summed E-state index contributed by atoms with van der Waals surface area (Å²) in [6.07, 6.45) is 4.64. The third-order valence-corrected chi connectivity index (χ3v) is 3.99. The Morgan fingerprint density at radius 2 is 2.10 bits per heavy atom. The first-order valence-electron chi connectivity index (χ1n) is 7.12. The number of anilines is 1. The van der Waals surface area contributed by atoms with Crippen LogP contribution in [0, 0.1) is 0 Å². The summed E-state index contributed by atoms with van der Waals surface area (Å²) < 4.78 is 0. The van der Waals surface area contributed by atoms with Gasteiger partial charge in [0.05, 0.1) is 0 Å². The summed E-state index contributed by atoms with van der Waals surface area (Å²) in [5.74, 6) is 0.854. The lowest BCUT2D eigenvalue weighted by molar-refractivity contribution is -0.122. The third kappa shape index (κ3) is 4.97. The van der Waals surface area contributed by atoms with E-state index in [1.54, 1.807) is 11.8 Å². The van der Waals surface area contributed by atoms with Crippen LogP contribution in [-0.2, 0) is 10.5 Å². The van der Waals surface area contributed by atoms with Crippen molar-refractivity contribution in [3.63, 3.8) is 0 Å². The molecule has 3 N–H and O–H groups in total. The summed E-state index contributed by atoms with van der Waals surface area (Å²) in [6, 6.07) is 6.95. The van der Waals surface area contributed by atoms with E-state index >= 15 is 0 Å². The third-order valence-electron chi connectivity index (χ3n) is 3.36. The summed E-state index contributed by atoms with van der Waals surface area (Å²) in [6.45, 7) is 0.690. The Kier molecular flexibility index (Phi) is 5.92. The van der Waals surface area contributed by atoms with Gasteiger partial charge in [0, 0.05) is 18.0 Å². The number of hydrogen-bond acceptors (Lipinski definition) is 3. The average Bonchev–Trinajstić information content (AvgIpc) is 2.67. The van der Waals surface area contributed by atoms with Gasteiger partial charge in [-0.05, 0) is 43.2 Å². The molecule has 1 fully saturated rings. The summed E-state index contributed by atoms with van der Waals surface area (Å²) >= 11 is 1.76. The quantitative estimate of drug-likeness (QED) is 0.799. The van der Waals surface area contributed by atoms with Crippen LogP contribution in [0.25, 0.3) is 0 Å². The molecule has 1 aromatic carbocycles. The SMILES string of the molecule is CSCc1ccc(NC(=O)NC2CCCCNC2=O)cc1. The lowest BCUT2D eigenvalue weighted by Gasteiger charge is -2.15. The fourth-order valence-electron chi connectivity index (χ4n) is 2.25. The molecule has 0 saturated carbocycles. The Labute approximate surface area is 129 Å². The molecule has 0 aromatic heterocycles. The van der Waals surface area contributed by atoms with Crippen molar-refractivity contribution >= 4 is 29.4 Å². The number of hydrogen-bond donors (Lipinski definition) is 3. The maximum absolute atomic E-state index is 11.9. The Morgan fingerprint density at radius 1 is 1.33 bits per heavy atom. The first-order valence-corrected chi connectivity index (χ1v) is 8.51. The van der Waals surface area contributed by atoms with Crippen molar-refractivity contribution in [3.8, 4) is 0 Å². The predicted octanol–water partition coefficient (Wildman–Crippen LogP) is 2.34. The molecule has 1 aromatic rings. The smallest absolute Gasteiger partial charge is 0.319 e. The Hall–Kier alpha value is -1.69. The largest absolute Gasteiger partial charge is 0.354 e. The van der Waals surface area contributed by atoms with Gasteiger partial charge >= 0.3 is 6.03 Å². The maximum Gasteiger partial charge on any atom is 0.319 e. The molecule has 114 valence electrons. The number of rotatable bonds is 4. The molecule has 2 rings (SSSR count). The van der Waals surface area contributed by atoms with E-state index in [2.05, 4.69) is 22.2 Å². The molecule has 0 spiro atoms. The molecular weight excluding hydrogens is 286 g/mol. The van der Waals surface area contributed by atoms with Gasteiger partial charge in [-0.15, -0.1) is 0 Å². The maximum atomic E-state index is 11.9. The first kappa shape index (κ1) is 15.7. The van der Waals surface area contributed by atoms with Crippen LogP contribution in [0.4, 0.5) is 10.5 Å². The van der Waals surface area contributed by atoms with Gasteiger partial charge < -0.3 is 16.0 Å². The van der Waals surface area contributed by atoms with Gasteiger partial charge in [0.2, 0.25) is 5.91 Å². The van der Waals surface area contributed by atoms with Crippen LogP contribution in [-0.4, -0.2) is 30.8 Å². The van der Waals surface area contributed by atoms with Crippen LogP contribution in [0.1, 0.15) is 24.8 Å². The van der Waals surface area contributed by atoms with Crippen LogP contribution in [0.2, 0.25) is 0 Å². The van der Waals surface area contributed by atoms with Crippen molar-refractivity contribution in [3.05, 3.63) is 29.8 Å². The minimum Gasteiger partial charge on any atom is -0.354 e. The molecule has 5 nitrogen and oxygen atoms in total. The second-order valence-corrected chi connectivity index (χ2v) is 5.93. The van der Waals surface area contributed by atoms with Crippen LogP contribution in [0.3, 0.4) is 0 Å². The highest BCUT2D eigenvalue weighted by Crippen LogP contribution is 2.14. The molecule has 1 heterocycles. The average molecular weight is 307 g/mol. The van der Waals surface area contributed by atoms with E-state index in [0.29, 0.717) is 13.0 Å². The number of carbonyl (C=O) groups is 2. The number of carbonyl (C=O) groups excluding carboxylic acids is 2. The van der Waals surface area contributed by atoms with E-state index in [0.717, 1.165) is 24.3 Å². The van der Waals surface area contributed by atoms with Gasteiger partial charge in [0.25, 0.3) is 0 Å². The van der Waals surface area contributed by atoms with Gasteiger partial charge in [-0.1, -0.05) is 12.1 Å². The van der Waals surface area contributed by atoms with E-state index in [4.69, 9.17) is 0 Å². The Morgan fingerprint density at radius 3 is 2.81 bits per heavy atom. The van der Waals surface area contributed by atoms with Crippen molar-refractivity contribution in [1.82, 2.24) is 10.6 Å². The topological polar surface area (TPSA) is 70.2 Å². The monoisotopic (exact) mass is 307 g/mol. The lowest BCUT2D eigenvalue weighted by atomic mass is 10.1. The van der Waals surface area contributed by atoms with Gasteiger partial charge in [-0.2, -0.15) is 11.8 Å². The molecule has 21 heavy (non-hydrogen) atoms. The van der Waals surface area contributed by atoms with Gasteiger partial charge in [0.15, 0.2) is 0 Å². The minimum atomic E-state index is -0.441. The fourth-order valence-corrected chi connectivity index (χ4v) is 2.78. The van der Waals surface area contributed by atoms with E-state index in [1.807, 2.05) is 24.3 Å². The van der Waals surface area contributed by atoms with Gasteiger partial charge in [-0.25, -0.2) is 4.79 Å². The molecule has 3 amide bonds. The summed E-state index contributed by atoms with van der Waals surface area (Å²) in [7, 11) is 0. The second kappa shape index (κ2) is 7.93. The number of nitrogens with one attached hydrogen (secondary N) is 3.